The summed E-state index contributed by atoms with van der Waals surface area (Å²) in [6, 6.07) is 2.01. The van der Waals surface area contributed by atoms with Gasteiger partial charge in [0.1, 0.15) is 0 Å². The molecule has 5 heteroatoms. The second kappa shape index (κ2) is 5.00. The summed E-state index contributed by atoms with van der Waals surface area (Å²) in [4.78, 5) is 4.61. The number of aryl methyl sites for hydroxylation is 2. The summed E-state index contributed by atoms with van der Waals surface area (Å²) >= 11 is 11.4. The lowest BCUT2D eigenvalue weighted by molar-refractivity contribution is 0.828. The largest absolute Gasteiger partial charge is 0.330 e. The molecule has 0 spiro atoms. The molecule has 16 heavy (non-hydrogen) atoms. The standard InChI is InChI=1S/C11H12BrClN2S/c1-6-5-7(12)9(13)11-10(6)15-8(16-11)3-2-4-14/h5H,2-4,14H2,1H3. The van der Waals surface area contributed by atoms with Crippen LogP contribution in [0.1, 0.15) is 17.0 Å². The quantitative estimate of drug-likeness (QED) is 0.931. The summed E-state index contributed by atoms with van der Waals surface area (Å²) in [5.41, 5.74) is 7.67. The van der Waals surface area contributed by atoms with E-state index in [1.165, 1.54) is 0 Å². The highest BCUT2D eigenvalue weighted by Crippen LogP contribution is 2.37. The highest BCUT2D eigenvalue weighted by atomic mass is 79.9. The van der Waals surface area contributed by atoms with E-state index in [1.807, 2.05) is 6.07 Å². The maximum atomic E-state index is 6.24. The molecule has 86 valence electrons. The molecule has 2 nitrogen and oxygen atoms in total. The van der Waals surface area contributed by atoms with Gasteiger partial charge in [-0.2, -0.15) is 0 Å². The minimum atomic E-state index is 0.701. The van der Waals surface area contributed by atoms with Crippen molar-refractivity contribution in [1.82, 2.24) is 4.98 Å². The third-order valence-electron chi connectivity index (χ3n) is 2.39. The third kappa shape index (κ3) is 2.25. The lowest BCUT2D eigenvalue weighted by Crippen LogP contribution is -1.99. The molecule has 0 saturated heterocycles. The van der Waals surface area contributed by atoms with E-state index in [-0.39, 0.29) is 0 Å². The Bertz CT molecular complexity index is 524. The highest BCUT2D eigenvalue weighted by Gasteiger charge is 2.12. The first-order chi connectivity index (χ1) is 7.63. The van der Waals surface area contributed by atoms with Gasteiger partial charge in [-0.15, -0.1) is 11.3 Å². The molecule has 0 radical (unpaired) electrons. The average Bonchev–Trinajstić information content (AvgIpc) is 2.68. The maximum Gasteiger partial charge on any atom is 0.0939 e. The van der Waals surface area contributed by atoms with Crippen molar-refractivity contribution in [2.45, 2.75) is 19.8 Å². The molecule has 0 aliphatic carbocycles. The second-order valence-electron chi connectivity index (χ2n) is 3.67. The van der Waals surface area contributed by atoms with Crippen LogP contribution in [0.4, 0.5) is 0 Å². The van der Waals surface area contributed by atoms with Gasteiger partial charge in [-0.3, -0.25) is 0 Å². The van der Waals surface area contributed by atoms with Gasteiger partial charge < -0.3 is 5.73 Å². The van der Waals surface area contributed by atoms with Crippen molar-refractivity contribution in [3.8, 4) is 0 Å². The van der Waals surface area contributed by atoms with E-state index in [9.17, 15) is 0 Å². The van der Waals surface area contributed by atoms with E-state index in [0.29, 0.717) is 6.54 Å². The van der Waals surface area contributed by atoms with Crippen LogP contribution in [0.2, 0.25) is 5.02 Å². The van der Waals surface area contributed by atoms with Crippen molar-refractivity contribution < 1.29 is 0 Å². The zero-order valence-corrected chi connectivity index (χ0v) is 12.0. The highest BCUT2D eigenvalue weighted by molar-refractivity contribution is 9.10. The first kappa shape index (κ1) is 12.3. The summed E-state index contributed by atoms with van der Waals surface area (Å²) in [6.45, 7) is 2.75. The van der Waals surface area contributed by atoms with Crippen LogP contribution in [0.25, 0.3) is 10.2 Å². The summed E-state index contributed by atoms with van der Waals surface area (Å²) in [6.07, 6.45) is 1.90. The van der Waals surface area contributed by atoms with Crippen LogP contribution in [0.5, 0.6) is 0 Å². The van der Waals surface area contributed by atoms with Crippen molar-refractivity contribution in [1.29, 1.82) is 0 Å². The van der Waals surface area contributed by atoms with Crippen LogP contribution in [0.15, 0.2) is 10.5 Å². The van der Waals surface area contributed by atoms with Gasteiger partial charge in [0.25, 0.3) is 0 Å². The molecular formula is C11H12BrClN2S. The topological polar surface area (TPSA) is 38.9 Å². The number of fused-ring (bicyclic) bond motifs is 1. The number of benzene rings is 1. The zero-order chi connectivity index (χ0) is 11.7. The zero-order valence-electron chi connectivity index (χ0n) is 8.89. The number of hydrogen-bond donors (Lipinski definition) is 1. The number of aromatic nitrogens is 1. The molecule has 2 rings (SSSR count). The molecule has 2 N–H and O–H groups in total. The average molecular weight is 320 g/mol. The monoisotopic (exact) mass is 318 g/mol. The summed E-state index contributed by atoms with van der Waals surface area (Å²) in [5.74, 6) is 0. The Kier molecular flexibility index (Phi) is 3.85. The van der Waals surface area contributed by atoms with Crippen LogP contribution < -0.4 is 5.73 Å². The normalized spacial score (nSPS) is 11.2. The molecule has 0 unspecified atom stereocenters. The molecule has 0 aliphatic rings. The fourth-order valence-electron chi connectivity index (χ4n) is 1.57. The minimum absolute atomic E-state index is 0.701. The fourth-order valence-corrected chi connectivity index (χ4v) is 3.63. The van der Waals surface area contributed by atoms with Gasteiger partial charge in [-0.05, 0) is 47.4 Å². The van der Waals surface area contributed by atoms with Crippen molar-refractivity contribution in [2.75, 3.05) is 6.54 Å². The van der Waals surface area contributed by atoms with Crippen LogP contribution in [-0.2, 0) is 6.42 Å². The first-order valence-electron chi connectivity index (χ1n) is 5.07. The molecule has 0 aliphatic heterocycles. The lowest BCUT2D eigenvalue weighted by atomic mass is 10.2. The van der Waals surface area contributed by atoms with Gasteiger partial charge in [0, 0.05) is 10.9 Å². The first-order valence-corrected chi connectivity index (χ1v) is 7.06. The van der Waals surface area contributed by atoms with Gasteiger partial charge in [-0.1, -0.05) is 11.6 Å². The second-order valence-corrected chi connectivity index (χ2v) is 5.98. The Balaban J connectivity index is 2.52. The molecule has 0 saturated carbocycles. The number of halogens is 2. The molecule has 2 aromatic rings. The molecule has 1 heterocycles. The van der Waals surface area contributed by atoms with E-state index in [1.54, 1.807) is 11.3 Å². The van der Waals surface area contributed by atoms with E-state index in [2.05, 4.69) is 27.8 Å². The Morgan fingerprint density at radius 2 is 2.31 bits per heavy atom. The van der Waals surface area contributed by atoms with E-state index < -0.39 is 0 Å². The summed E-state index contributed by atoms with van der Waals surface area (Å²) < 4.78 is 2.01. The van der Waals surface area contributed by atoms with E-state index >= 15 is 0 Å². The SMILES string of the molecule is Cc1cc(Br)c(Cl)c2sc(CCCN)nc12. The molecule has 0 fully saturated rings. The Labute approximate surface area is 112 Å². The lowest BCUT2D eigenvalue weighted by Gasteiger charge is -1.99. The Morgan fingerprint density at radius 1 is 1.56 bits per heavy atom. The predicted molar refractivity (Wildman–Crippen MR) is 74.4 cm³/mol. The predicted octanol–water partition coefficient (Wildman–Crippen LogP) is 3.91. The van der Waals surface area contributed by atoms with Gasteiger partial charge >= 0.3 is 0 Å². The molecule has 0 amide bonds. The van der Waals surface area contributed by atoms with E-state index in [4.69, 9.17) is 17.3 Å². The number of nitrogens with two attached hydrogens (primary N) is 1. The fraction of sp³-hybridized carbons (Fsp3) is 0.364. The maximum absolute atomic E-state index is 6.24. The third-order valence-corrected chi connectivity index (χ3v) is 4.88. The molecule has 0 bridgehead atoms. The van der Waals surface area contributed by atoms with E-state index in [0.717, 1.165) is 43.1 Å². The van der Waals surface area contributed by atoms with Crippen molar-refractivity contribution in [3.63, 3.8) is 0 Å². The smallest absolute Gasteiger partial charge is 0.0939 e. The number of nitrogens with zero attached hydrogens (tertiary/aromatic N) is 1. The van der Waals surface area contributed by atoms with Crippen LogP contribution >= 0.6 is 38.9 Å². The van der Waals surface area contributed by atoms with Crippen molar-refractivity contribution >= 4 is 49.1 Å². The number of thiazole rings is 1. The minimum Gasteiger partial charge on any atom is -0.330 e. The van der Waals surface area contributed by atoms with Gasteiger partial charge in [-0.25, -0.2) is 4.98 Å². The molecular weight excluding hydrogens is 308 g/mol. The molecule has 1 aromatic heterocycles. The van der Waals surface area contributed by atoms with Gasteiger partial charge in [0.2, 0.25) is 0 Å². The van der Waals surface area contributed by atoms with Crippen molar-refractivity contribution in [2.24, 2.45) is 5.73 Å². The van der Waals surface area contributed by atoms with Gasteiger partial charge in [0.15, 0.2) is 0 Å². The Hall–Kier alpha value is -0.160. The van der Waals surface area contributed by atoms with Crippen molar-refractivity contribution in [3.05, 3.63) is 26.1 Å². The molecule has 1 aromatic carbocycles. The summed E-state index contributed by atoms with van der Waals surface area (Å²) in [5, 5.41) is 1.88. The number of hydrogen-bond acceptors (Lipinski definition) is 3. The Morgan fingerprint density at radius 3 is 3.00 bits per heavy atom. The summed E-state index contributed by atoms with van der Waals surface area (Å²) in [7, 11) is 0. The van der Waals surface area contributed by atoms with Crippen LogP contribution in [0, 0.1) is 6.92 Å². The van der Waals surface area contributed by atoms with Gasteiger partial charge in [0.05, 0.1) is 20.2 Å². The van der Waals surface area contributed by atoms with Crippen LogP contribution in [-0.4, -0.2) is 11.5 Å². The molecule has 0 atom stereocenters. The number of rotatable bonds is 3. The van der Waals surface area contributed by atoms with Crippen LogP contribution in [0.3, 0.4) is 0 Å².